The fourth-order valence-electron chi connectivity index (χ4n) is 0.815. The second-order valence-corrected chi connectivity index (χ2v) is 2.23. The Balaban J connectivity index is 0.000000222. The van der Waals surface area contributed by atoms with Crippen LogP contribution in [0.25, 0.3) is 0 Å². The van der Waals surface area contributed by atoms with Crippen molar-refractivity contribution in [3.05, 3.63) is 0 Å². The van der Waals surface area contributed by atoms with Crippen LogP contribution in [0, 0.1) is 5.92 Å². The highest BCUT2D eigenvalue weighted by Gasteiger charge is 2.18. The molecule has 1 aliphatic rings. The number of rotatable bonds is 2. The Kier molecular flexibility index (Phi) is 5.08. The first-order valence-corrected chi connectivity index (χ1v) is 3.51. The summed E-state index contributed by atoms with van der Waals surface area (Å²) >= 11 is 0. The lowest BCUT2D eigenvalue weighted by Crippen LogP contribution is -1.69. The fourth-order valence-corrected chi connectivity index (χ4v) is 0.815. The van der Waals surface area contributed by atoms with Crippen LogP contribution >= 0.6 is 0 Å². The molecule has 50 valence electrons. The van der Waals surface area contributed by atoms with E-state index in [1.807, 2.05) is 0 Å². The Morgan fingerprint density at radius 1 is 1.38 bits per heavy atom. The van der Waals surface area contributed by atoms with Crippen molar-refractivity contribution in [2.24, 2.45) is 11.7 Å². The highest BCUT2D eigenvalue weighted by molar-refractivity contribution is 4.71. The fraction of sp³-hybridized carbons (Fsp3) is 1.00. The van der Waals surface area contributed by atoms with E-state index in [0.717, 1.165) is 5.92 Å². The summed E-state index contributed by atoms with van der Waals surface area (Å²) in [6.07, 6.45) is 5.92. The van der Waals surface area contributed by atoms with Crippen molar-refractivity contribution in [1.29, 1.82) is 0 Å². The zero-order valence-corrected chi connectivity index (χ0v) is 5.98. The monoisotopic (exact) mass is 115 g/mol. The van der Waals surface area contributed by atoms with E-state index in [2.05, 4.69) is 12.7 Å². The standard InChI is InChI=1S/C6H12.CH5N/c1-2-3-6-4-5-6;1-2/h6H,2-5H2,1H3;2H2,1H3. The molecular formula is C7H17N. The molecule has 0 amide bonds. The van der Waals surface area contributed by atoms with E-state index in [4.69, 9.17) is 0 Å². The molecule has 1 heteroatoms. The van der Waals surface area contributed by atoms with Gasteiger partial charge < -0.3 is 5.73 Å². The van der Waals surface area contributed by atoms with E-state index in [-0.39, 0.29) is 0 Å². The summed E-state index contributed by atoms with van der Waals surface area (Å²) in [4.78, 5) is 0. The Bertz CT molecular complexity index is 39.7. The van der Waals surface area contributed by atoms with Gasteiger partial charge in [0.1, 0.15) is 0 Å². The lowest BCUT2D eigenvalue weighted by atomic mass is 10.2. The van der Waals surface area contributed by atoms with Crippen LogP contribution in [0.1, 0.15) is 32.6 Å². The predicted octanol–water partition coefficient (Wildman–Crippen LogP) is 1.77. The molecule has 0 bridgehead atoms. The summed E-state index contributed by atoms with van der Waals surface area (Å²) in [5.41, 5.74) is 4.50. The first kappa shape index (κ1) is 7.96. The second kappa shape index (κ2) is 5.10. The van der Waals surface area contributed by atoms with Crippen molar-refractivity contribution >= 4 is 0 Å². The molecule has 0 atom stereocenters. The van der Waals surface area contributed by atoms with Gasteiger partial charge in [-0.15, -0.1) is 0 Å². The molecule has 1 fully saturated rings. The van der Waals surface area contributed by atoms with Gasteiger partial charge in [-0.2, -0.15) is 0 Å². The molecule has 0 aliphatic heterocycles. The molecule has 1 saturated carbocycles. The van der Waals surface area contributed by atoms with E-state index < -0.39 is 0 Å². The average Bonchev–Trinajstić information content (AvgIpc) is 2.57. The molecule has 0 aromatic rings. The Hall–Kier alpha value is -0.0400. The molecule has 1 rings (SSSR count). The minimum Gasteiger partial charge on any atom is -0.333 e. The van der Waals surface area contributed by atoms with E-state index in [9.17, 15) is 0 Å². The van der Waals surface area contributed by atoms with Crippen LogP contribution in [0.15, 0.2) is 0 Å². The molecule has 2 N–H and O–H groups in total. The molecule has 1 aliphatic carbocycles. The van der Waals surface area contributed by atoms with Crippen LogP contribution in [0.4, 0.5) is 0 Å². The summed E-state index contributed by atoms with van der Waals surface area (Å²) in [7, 11) is 1.50. The number of hydrogen-bond acceptors (Lipinski definition) is 1. The van der Waals surface area contributed by atoms with Gasteiger partial charge in [-0.3, -0.25) is 0 Å². The van der Waals surface area contributed by atoms with Crippen molar-refractivity contribution in [3.63, 3.8) is 0 Å². The lowest BCUT2D eigenvalue weighted by Gasteiger charge is -1.82. The smallest absolute Gasteiger partial charge is 0.0195 e. The molecule has 1 nitrogen and oxygen atoms in total. The van der Waals surface area contributed by atoms with E-state index in [1.54, 1.807) is 0 Å². The minimum atomic E-state index is 1.15. The minimum absolute atomic E-state index is 1.15. The molecule has 8 heavy (non-hydrogen) atoms. The molecule has 0 aromatic carbocycles. The predicted molar refractivity (Wildman–Crippen MR) is 37.7 cm³/mol. The largest absolute Gasteiger partial charge is 0.333 e. The first-order chi connectivity index (χ1) is 3.93. The quantitative estimate of drug-likeness (QED) is 0.583. The molecule has 0 unspecified atom stereocenters. The van der Waals surface area contributed by atoms with Crippen LogP contribution in [-0.2, 0) is 0 Å². The van der Waals surface area contributed by atoms with Crippen LogP contribution in [0.5, 0.6) is 0 Å². The van der Waals surface area contributed by atoms with Gasteiger partial charge in [0, 0.05) is 0 Å². The van der Waals surface area contributed by atoms with Crippen molar-refractivity contribution in [2.75, 3.05) is 7.05 Å². The summed E-state index contributed by atoms with van der Waals surface area (Å²) in [5, 5.41) is 0. The second-order valence-electron chi connectivity index (χ2n) is 2.23. The first-order valence-electron chi connectivity index (χ1n) is 3.51. The maximum absolute atomic E-state index is 4.50. The Morgan fingerprint density at radius 3 is 2.00 bits per heavy atom. The van der Waals surface area contributed by atoms with E-state index in [0.29, 0.717) is 0 Å². The van der Waals surface area contributed by atoms with Crippen LogP contribution in [0.3, 0.4) is 0 Å². The topological polar surface area (TPSA) is 26.0 Å². The van der Waals surface area contributed by atoms with Crippen molar-refractivity contribution in [3.8, 4) is 0 Å². The van der Waals surface area contributed by atoms with Gasteiger partial charge in [0.05, 0.1) is 0 Å². The number of hydrogen-bond donors (Lipinski definition) is 1. The van der Waals surface area contributed by atoms with Gasteiger partial charge in [-0.1, -0.05) is 32.6 Å². The SMILES string of the molecule is CCCC1CC1.CN. The highest BCUT2D eigenvalue weighted by Crippen LogP contribution is 2.32. The third-order valence-corrected chi connectivity index (χ3v) is 1.39. The summed E-state index contributed by atoms with van der Waals surface area (Å²) in [6.45, 7) is 2.26. The van der Waals surface area contributed by atoms with E-state index in [1.165, 1.54) is 32.7 Å². The van der Waals surface area contributed by atoms with Gasteiger partial charge in [0.15, 0.2) is 0 Å². The molecule has 0 spiro atoms. The zero-order chi connectivity index (χ0) is 6.41. The summed E-state index contributed by atoms with van der Waals surface area (Å²) in [6, 6.07) is 0. The van der Waals surface area contributed by atoms with Crippen molar-refractivity contribution in [1.82, 2.24) is 0 Å². The average molecular weight is 115 g/mol. The molecule has 0 heterocycles. The normalized spacial score (nSPS) is 16.9. The van der Waals surface area contributed by atoms with Crippen molar-refractivity contribution in [2.45, 2.75) is 32.6 Å². The zero-order valence-electron chi connectivity index (χ0n) is 5.98. The molecular weight excluding hydrogens is 98.1 g/mol. The van der Waals surface area contributed by atoms with E-state index >= 15 is 0 Å². The molecule has 0 radical (unpaired) electrons. The van der Waals surface area contributed by atoms with Gasteiger partial charge in [0.2, 0.25) is 0 Å². The lowest BCUT2D eigenvalue weighted by molar-refractivity contribution is 0.708. The number of nitrogens with two attached hydrogens (primary N) is 1. The maximum Gasteiger partial charge on any atom is -0.0195 e. The van der Waals surface area contributed by atoms with Gasteiger partial charge in [0.25, 0.3) is 0 Å². The van der Waals surface area contributed by atoms with Gasteiger partial charge >= 0.3 is 0 Å². The third-order valence-electron chi connectivity index (χ3n) is 1.39. The van der Waals surface area contributed by atoms with Crippen molar-refractivity contribution < 1.29 is 0 Å². The Morgan fingerprint density at radius 2 is 1.88 bits per heavy atom. The third kappa shape index (κ3) is 4.13. The summed E-state index contributed by atoms with van der Waals surface area (Å²) < 4.78 is 0. The molecule has 0 saturated heterocycles. The van der Waals surface area contributed by atoms with Gasteiger partial charge in [-0.25, -0.2) is 0 Å². The van der Waals surface area contributed by atoms with Crippen LogP contribution in [-0.4, -0.2) is 7.05 Å². The van der Waals surface area contributed by atoms with Crippen LogP contribution < -0.4 is 5.73 Å². The maximum atomic E-state index is 4.50. The molecule has 0 aromatic heterocycles. The van der Waals surface area contributed by atoms with Gasteiger partial charge in [-0.05, 0) is 13.0 Å². The Labute approximate surface area is 52.3 Å². The van der Waals surface area contributed by atoms with Crippen LogP contribution in [0.2, 0.25) is 0 Å². The summed E-state index contributed by atoms with van der Waals surface area (Å²) in [5.74, 6) is 1.15. The highest BCUT2D eigenvalue weighted by atomic mass is 14.4.